The number of aliphatic imine (C=N–C) groups is 1. The van der Waals surface area contributed by atoms with Gasteiger partial charge in [-0.15, -0.1) is 24.0 Å². The predicted molar refractivity (Wildman–Crippen MR) is 92.5 cm³/mol. The third-order valence-corrected chi connectivity index (χ3v) is 3.66. The number of nitrogens with zero attached hydrogens (tertiary/aromatic N) is 1. The van der Waals surface area contributed by atoms with Crippen LogP contribution in [0.15, 0.2) is 4.99 Å². The normalized spacial score (nSPS) is 15.9. The van der Waals surface area contributed by atoms with E-state index in [0.29, 0.717) is 5.41 Å². The summed E-state index contributed by atoms with van der Waals surface area (Å²) < 4.78 is 5.49. The molecule has 0 aliphatic heterocycles. The van der Waals surface area contributed by atoms with Crippen molar-refractivity contribution < 1.29 is 4.74 Å². The SMILES string of the molecule is CCNC(=NCC1(CCOCC)CCC1)NCC.I. The molecule has 0 saturated heterocycles. The molecule has 2 N–H and O–H groups in total. The highest BCUT2D eigenvalue weighted by atomic mass is 127. The minimum atomic E-state index is 0. The van der Waals surface area contributed by atoms with Crippen LogP contribution >= 0.6 is 24.0 Å². The quantitative estimate of drug-likeness (QED) is 0.293. The number of ether oxygens (including phenoxy) is 1. The summed E-state index contributed by atoms with van der Waals surface area (Å²) in [5.74, 6) is 0.947. The fraction of sp³-hybridized carbons (Fsp3) is 0.929. The van der Waals surface area contributed by atoms with E-state index in [2.05, 4.69) is 31.4 Å². The number of hydrogen-bond donors (Lipinski definition) is 2. The van der Waals surface area contributed by atoms with E-state index in [1.165, 1.54) is 19.3 Å². The molecule has 1 aliphatic rings. The van der Waals surface area contributed by atoms with Gasteiger partial charge in [-0.1, -0.05) is 6.42 Å². The van der Waals surface area contributed by atoms with Gasteiger partial charge in [0, 0.05) is 32.8 Å². The highest BCUT2D eigenvalue weighted by molar-refractivity contribution is 14.0. The van der Waals surface area contributed by atoms with E-state index >= 15 is 0 Å². The Balaban J connectivity index is 0.00000324. The van der Waals surface area contributed by atoms with Crippen LogP contribution in [0.25, 0.3) is 0 Å². The lowest BCUT2D eigenvalue weighted by molar-refractivity contribution is 0.0609. The zero-order valence-electron chi connectivity index (χ0n) is 12.6. The van der Waals surface area contributed by atoms with Crippen LogP contribution in [0.1, 0.15) is 46.5 Å². The van der Waals surface area contributed by atoms with Gasteiger partial charge < -0.3 is 15.4 Å². The van der Waals surface area contributed by atoms with E-state index in [1.807, 2.05) is 0 Å². The first-order chi connectivity index (χ1) is 8.76. The highest BCUT2D eigenvalue weighted by Gasteiger charge is 2.36. The molecule has 0 bridgehead atoms. The third kappa shape index (κ3) is 6.79. The summed E-state index contributed by atoms with van der Waals surface area (Å²) in [6.45, 7) is 10.7. The first kappa shape index (κ1) is 19.0. The molecule has 0 radical (unpaired) electrons. The third-order valence-electron chi connectivity index (χ3n) is 3.66. The molecule has 114 valence electrons. The number of rotatable bonds is 8. The van der Waals surface area contributed by atoms with Gasteiger partial charge in [-0.25, -0.2) is 0 Å². The summed E-state index contributed by atoms with van der Waals surface area (Å²) in [7, 11) is 0. The molecule has 0 amide bonds. The lowest BCUT2D eigenvalue weighted by Gasteiger charge is -2.41. The van der Waals surface area contributed by atoms with Crippen molar-refractivity contribution in [3.63, 3.8) is 0 Å². The van der Waals surface area contributed by atoms with Crippen LogP contribution in [0.5, 0.6) is 0 Å². The summed E-state index contributed by atoms with van der Waals surface area (Å²) in [6, 6.07) is 0. The Bertz CT molecular complexity index is 247. The Morgan fingerprint density at radius 1 is 1.16 bits per heavy atom. The minimum Gasteiger partial charge on any atom is -0.382 e. The number of guanidine groups is 1. The average Bonchev–Trinajstić information content (AvgIpc) is 2.32. The molecule has 0 aromatic rings. The molecule has 0 aromatic heterocycles. The van der Waals surface area contributed by atoms with E-state index in [9.17, 15) is 0 Å². The molecule has 19 heavy (non-hydrogen) atoms. The zero-order valence-corrected chi connectivity index (χ0v) is 15.0. The second kappa shape index (κ2) is 10.7. The van der Waals surface area contributed by atoms with Gasteiger partial charge in [0.1, 0.15) is 0 Å². The van der Waals surface area contributed by atoms with Crippen LogP contribution in [0.2, 0.25) is 0 Å². The lowest BCUT2D eigenvalue weighted by atomic mass is 9.67. The molecule has 1 aliphatic carbocycles. The Labute approximate surface area is 135 Å². The van der Waals surface area contributed by atoms with Crippen molar-refractivity contribution in [2.24, 2.45) is 10.4 Å². The van der Waals surface area contributed by atoms with Crippen molar-refractivity contribution in [1.82, 2.24) is 10.6 Å². The van der Waals surface area contributed by atoms with E-state index in [1.54, 1.807) is 0 Å². The fourth-order valence-electron chi connectivity index (χ4n) is 2.35. The van der Waals surface area contributed by atoms with E-state index in [-0.39, 0.29) is 24.0 Å². The number of hydrogen-bond acceptors (Lipinski definition) is 2. The maximum Gasteiger partial charge on any atom is 0.191 e. The lowest BCUT2D eigenvalue weighted by Crippen LogP contribution is -2.40. The van der Waals surface area contributed by atoms with Crippen LogP contribution in [0.4, 0.5) is 0 Å². The van der Waals surface area contributed by atoms with Crippen LogP contribution in [0.3, 0.4) is 0 Å². The molecule has 0 spiro atoms. The first-order valence-corrected chi connectivity index (χ1v) is 7.36. The Kier molecular flexibility index (Phi) is 10.7. The van der Waals surface area contributed by atoms with Crippen LogP contribution in [-0.2, 0) is 4.74 Å². The summed E-state index contributed by atoms with van der Waals surface area (Å²) in [5.41, 5.74) is 0.408. The maximum atomic E-state index is 5.49. The maximum absolute atomic E-state index is 5.49. The Hall–Kier alpha value is -0.0400. The van der Waals surface area contributed by atoms with Gasteiger partial charge in [0.15, 0.2) is 5.96 Å². The van der Waals surface area contributed by atoms with Gasteiger partial charge in [0.25, 0.3) is 0 Å². The van der Waals surface area contributed by atoms with E-state index in [0.717, 1.165) is 45.2 Å². The molecular formula is C14H30IN3O. The van der Waals surface area contributed by atoms with Crippen molar-refractivity contribution in [2.75, 3.05) is 32.8 Å². The number of nitrogens with one attached hydrogen (secondary N) is 2. The molecule has 0 heterocycles. The molecule has 4 nitrogen and oxygen atoms in total. The monoisotopic (exact) mass is 383 g/mol. The van der Waals surface area contributed by atoms with Crippen molar-refractivity contribution in [1.29, 1.82) is 0 Å². The van der Waals surface area contributed by atoms with Crippen LogP contribution in [0, 0.1) is 5.41 Å². The molecule has 1 fully saturated rings. The van der Waals surface area contributed by atoms with E-state index < -0.39 is 0 Å². The van der Waals surface area contributed by atoms with Crippen LogP contribution in [-0.4, -0.2) is 38.8 Å². The average molecular weight is 383 g/mol. The summed E-state index contributed by atoms with van der Waals surface area (Å²) >= 11 is 0. The van der Waals surface area contributed by atoms with Gasteiger partial charge in [-0.05, 0) is 45.4 Å². The molecule has 0 atom stereocenters. The highest BCUT2D eigenvalue weighted by Crippen LogP contribution is 2.44. The standard InChI is InChI=1S/C14H29N3O.HI/c1-4-15-13(16-5-2)17-12-14(8-7-9-14)10-11-18-6-3;/h4-12H2,1-3H3,(H2,15,16,17);1H. The minimum absolute atomic E-state index is 0. The van der Waals surface area contributed by atoms with Gasteiger partial charge in [0.05, 0.1) is 0 Å². The summed E-state index contributed by atoms with van der Waals surface area (Å²) in [6.07, 6.45) is 5.10. The number of halogens is 1. The molecule has 5 heteroatoms. The van der Waals surface area contributed by atoms with Crippen molar-refractivity contribution in [2.45, 2.75) is 46.5 Å². The molecular weight excluding hydrogens is 353 g/mol. The van der Waals surface area contributed by atoms with Gasteiger partial charge >= 0.3 is 0 Å². The summed E-state index contributed by atoms with van der Waals surface area (Å²) in [4.78, 5) is 4.71. The smallest absolute Gasteiger partial charge is 0.191 e. The largest absolute Gasteiger partial charge is 0.382 e. The van der Waals surface area contributed by atoms with Gasteiger partial charge in [0.2, 0.25) is 0 Å². The second-order valence-electron chi connectivity index (χ2n) is 5.03. The molecule has 0 aromatic carbocycles. The fourth-order valence-corrected chi connectivity index (χ4v) is 2.35. The van der Waals surface area contributed by atoms with Crippen molar-refractivity contribution >= 4 is 29.9 Å². The van der Waals surface area contributed by atoms with E-state index in [4.69, 9.17) is 9.73 Å². The van der Waals surface area contributed by atoms with Gasteiger partial charge in [-0.3, -0.25) is 4.99 Å². The second-order valence-corrected chi connectivity index (χ2v) is 5.03. The Morgan fingerprint density at radius 2 is 1.79 bits per heavy atom. The Morgan fingerprint density at radius 3 is 2.21 bits per heavy atom. The van der Waals surface area contributed by atoms with Crippen molar-refractivity contribution in [3.8, 4) is 0 Å². The summed E-state index contributed by atoms with van der Waals surface area (Å²) in [5, 5.41) is 6.56. The molecule has 1 saturated carbocycles. The first-order valence-electron chi connectivity index (χ1n) is 7.36. The van der Waals surface area contributed by atoms with Crippen molar-refractivity contribution in [3.05, 3.63) is 0 Å². The topological polar surface area (TPSA) is 45.7 Å². The van der Waals surface area contributed by atoms with Gasteiger partial charge in [-0.2, -0.15) is 0 Å². The zero-order chi connectivity index (χ0) is 13.3. The van der Waals surface area contributed by atoms with Crippen LogP contribution < -0.4 is 10.6 Å². The predicted octanol–water partition coefficient (Wildman–Crippen LogP) is 2.78. The molecule has 0 unspecified atom stereocenters. The molecule has 1 rings (SSSR count).